The van der Waals surface area contributed by atoms with Gasteiger partial charge in [0.05, 0.1) is 13.2 Å². The lowest BCUT2D eigenvalue weighted by Crippen LogP contribution is -2.38. The maximum Gasteiger partial charge on any atom is 0.247 e. The minimum Gasteiger partial charge on any atom is -0.492 e. The Morgan fingerprint density at radius 2 is 2.19 bits per heavy atom. The smallest absolute Gasteiger partial charge is 0.247 e. The molecule has 0 spiro atoms. The van der Waals surface area contributed by atoms with Crippen molar-refractivity contribution in [3.8, 4) is 5.75 Å². The Kier molecular flexibility index (Phi) is 3.81. The van der Waals surface area contributed by atoms with Crippen LogP contribution in [0.2, 0.25) is 0 Å². The van der Waals surface area contributed by atoms with Gasteiger partial charge in [-0.3, -0.25) is 0 Å². The summed E-state index contributed by atoms with van der Waals surface area (Å²) in [7, 11) is -3.70. The van der Waals surface area contributed by atoms with E-state index in [1.165, 1.54) is 10.4 Å². The lowest BCUT2D eigenvalue weighted by Gasteiger charge is -2.26. The molecular weight excluding hydrogens is 292 g/mol. The summed E-state index contributed by atoms with van der Waals surface area (Å²) < 4.78 is 32.8. The molecule has 3 N–H and O–H groups in total. The topological polar surface area (TPSA) is 92.9 Å². The normalized spacial score (nSPS) is 22.8. The zero-order valence-corrected chi connectivity index (χ0v) is 12.6. The third kappa shape index (κ3) is 2.49. The number of nitrogen functional groups attached to an aromatic ring is 1. The van der Waals surface area contributed by atoms with Crippen LogP contribution in [0.5, 0.6) is 5.75 Å². The van der Waals surface area contributed by atoms with E-state index in [4.69, 9.17) is 10.5 Å². The molecule has 0 amide bonds. The van der Waals surface area contributed by atoms with E-state index in [2.05, 4.69) is 0 Å². The second-order valence-electron chi connectivity index (χ2n) is 5.55. The molecule has 7 heteroatoms. The Morgan fingerprint density at radius 1 is 1.38 bits per heavy atom. The van der Waals surface area contributed by atoms with Gasteiger partial charge in [-0.05, 0) is 43.4 Å². The number of nitrogens with two attached hydrogens (primary N) is 1. The van der Waals surface area contributed by atoms with E-state index in [9.17, 15) is 13.5 Å². The van der Waals surface area contributed by atoms with Gasteiger partial charge < -0.3 is 15.6 Å². The van der Waals surface area contributed by atoms with Crippen LogP contribution in [0.4, 0.5) is 5.69 Å². The summed E-state index contributed by atoms with van der Waals surface area (Å²) in [6.45, 7) is 0.782. The summed E-state index contributed by atoms with van der Waals surface area (Å²) in [4.78, 5) is 0.137. The quantitative estimate of drug-likeness (QED) is 0.803. The van der Waals surface area contributed by atoms with Crippen molar-refractivity contribution < 1.29 is 18.3 Å². The molecule has 1 aromatic carbocycles. The number of rotatable bonds is 3. The first-order chi connectivity index (χ1) is 10.0. The van der Waals surface area contributed by atoms with Crippen LogP contribution in [-0.2, 0) is 16.4 Å². The fraction of sp³-hybridized carbons (Fsp3) is 0.571. The molecule has 1 saturated heterocycles. The molecule has 2 aliphatic heterocycles. The number of aliphatic hydroxyl groups is 1. The largest absolute Gasteiger partial charge is 0.492 e. The molecule has 0 aromatic heterocycles. The highest BCUT2D eigenvalue weighted by Crippen LogP contribution is 2.37. The van der Waals surface area contributed by atoms with Gasteiger partial charge in [0.15, 0.2) is 0 Å². The SMILES string of the molecule is Nc1cc2c(c(S(=O)(=O)N3CCCC3CO)c1)OCCC2. The number of benzene rings is 1. The van der Waals surface area contributed by atoms with E-state index in [1.54, 1.807) is 6.07 Å². The third-order valence-electron chi connectivity index (χ3n) is 4.11. The highest BCUT2D eigenvalue weighted by atomic mass is 32.2. The molecule has 2 aliphatic rings. The molecule has 21 heavy (non-hydrogen) atoms. The molecule has 6 nitrogen and oxygen atoms in total. The average Bonchev–Trinajstić information content (AvgIpc) is 2.95. The van der Waals surface area contributed by atoms with Crippen LogP contribution in [0.15, 0.2) is 17.0 Å². The average molecular weight is 312 g/mol. The third-order valence-corrected chi connectivity index (χ3v) is 6.07. The summed E-state index contributed by atoms with van der Waals surface area (Å²) in [6.07, 6.45) is 3.07. The standard InChI is InChI=1S/C14H20N2O4S/c15-11-7-10-3-2-6-20-14(10)13(8-11)21(18,19)16-5-1-4-12(16)9-17/h7-8,12,17H,1-6,9,15H2. The van der Waals surface area contributed by atoms with Crippen molar-refractivity contribution in [3.05, 3.63) is 17.7 Å². The Hall–Kier alpha value is -1.31. The number of nitrogens with zero attached hydrogens (tertiary/aromatic N) is 1. The molecule has 1 atom stereocenters. The molecular formula is C14H20N2O4S. The van der Waals surface area contributed by atoms with Crippen LogP contribution in [0.1, 0.15) is 24.8 Å². The van der Waals surface area contributed by atoms with Crippen molar-refractivity contribution in [2.45, 2.75) is 36.6 Å². The summed E-state index contributed by atoms with van der Waals surface area (Å²) in [6, 6.07) is 2.89. The molecule has 1 fully saturated rings. The molecule has 0 radical (unpaired) electrons. The maximum atomic E-state index is 12.9. The molecule has 116 valence electrons. The van der Waals surface area contributed by atoms with Gasteiger partial charge in [-0.15, -0.1) is 0 Å². The van der Waals surface area contributed by atoms with Crippen LogP contribution in [0, 0.1) is 0 Å². The lowest BCUT2D eigenvalue weighted by atomic mass is 10.1. The highest BCUT2D eigenvalue weighted by Gasteiger charge is 2.37. The molecule has 1 aromatic rings. The number of anilines is 1. The minimum absolute atomic E-state index is 0.137. The van der Waals surface area contributed by atoms with Crippen molar-refractivity contribution in [2.24, 2.45) is 0 Å². The molecule has 0 saturated carbocycles. The molecule has 0 aliphatic carbocycles. The first-order valence-electron chi connectivity index (χ1n) is 7.22. The second kappa shape index (κ2) is 5.47. The number of hydrogen-bond donors (Lipinski definition) is 2. The number of ether oxygens (including phenoxy) is 1. The Morgan fingerprint density at radius 3 is 2.95 bits per heavy atom. The minimum atomic E-state index is -3.70. The monoisotopic (exact) mass is 312 g/mol. The van der Waals surface area contributed by atoms with Gasteiger partial charge in [0.1, 0.15) is 10.6 Å². The highest BCUT2D eigenvalue weighted by molar-refractivity contribution is 7.89. The van der Waals surface area contributed by atoms with Crippen molar-refractivity contribution in [3.63, 3.8) is 0 Å². The van der Waals surface area contributed by atoms with E-state index in [0.717, 1.165) is 24.8 Å². The summed E-state index contributed by atoms with van der Waals surface area (Å²) in [5.74, 6) is 0.430. The van der Waals surface area contributed by atoms with Gasteiger partial charge in [-0.2, -0.15) is 4.31 Å². The number of aliphatic hydroxyl groups excluding tert-OH is 1. The predicted octanol–water partition coefficient (Wildman–Crippen LogP) is 0.739. The van der Waals surface area contributed by atoms with E-state index >= 15 is 0 Å². The van der Waals surface area contributed by atoms with Crippen LogP contribution in [0.3, 0.4) is 0 Å². The number of hydrogen-bond acceptors (Lipinski definition) is 5. The lowest BCUT2D eigenvalue weighted by molar-refractivity contribution is 0.213. The van der Waals surface area contributed by atoms with E-state index in [-0.39, 0.29) is 17.5 Å². The van der Waals surface area contributed by atoms with Gasteiger partial charge in [0.25, 0.3) is 0 Å². The van der Waals surface area contributed by atoms with Gasteiger partial charge in [0.2, 0.25) is 10.0 Å². The number of sulfonamides is 1. The fourth-order valence-electron chi connectivity index (χ4n) is 3.10. The molecule has 3 rings (SSSR count). The van der Waals surface area contributed by atoms with Gasteiger partial charge in [-0.1, -0.05) is 0 Å². The summed E-state index contributed by atoms with van der Waals surface area (Å²) in [5, 5.41) is 9.38. The number of aryl methyl sites for hydroxylation is 1. The van der Waals surface area contributed by atoms with Gasteiger partial charge in [-0.25, -0.2) is 8.42 Å². The first-order valence-corrected chi connectivity index (χ1v) is 8.66. The van der Waals surface area contributed by atoms with Crippen molar-refractivity contribution in [1.29, 1.82) is 0 Å². The van der Waals surface area contributed by atoms with Crippen molar-refractivity contribution in [2.75, 3.05) is 25.5 Å². The van der Waals surface area contributed by atoms with Crippen LogP contribution < -0.4 is 10.5 Å². The van der Waals surface area contributed by atoms with E-state index in [0.29, 0.717) is 31.0 Å². The van der Waals surface area contributed by atoms with Gasteiger partial charge >= 0.3 is 0 Å². The fourth-order valence-corrected chi connectivity index (χ4v) is 4.99. The van der Waals surface area contributed by atoms with Gasteiger partial charge in [0, 0.05) is 18.3 Å². The zero-order valence-electron chi connectivity index (χ0n) is 11.8. The Labute approximate surface area is 124 Å². The maximum absolute atomic E-state index is 12.9. The van der Waals surface area contributed by atoms with Crippen LogP contribution >= 0.6 is 0 Å². The first kappa shape index (κ1) is 14.6. The van der Waals surface area contributed by atoms with E-state index in [1.807, 2.05) is 0 Å². The molecule has 2 heterocycles. The van der Waals surface area contributed by atoms with E-state index < -0.39 is 10.0 Å². The van der Waals surface area contributed by atoms with Crippen LogP contribution in [-0.4, -0.2) is 43.6 Å². The Balaban J connectivity index is 2.08. The summed E-state index contributed by atoms with van der Waals surface area (Å²) >= 11 is 0. The Bertz CT molecular complexity index is 645. The number of fused-ring (bicyclic) bond motifs is 1. The van der Waals surface area contributed by atoms with Crippen molar-refractivity contribution >= 4 is 15.7 Å². The molecule has 0 bridgehead atoms. The van der Waals surface area contributed by atoms with Crippen molar-refractivity contribution in [1.82, 2.24) is 4.31 Å². The second-order valence-corrected chi connectivity index (χ2v) is 7.41. The summed E-state index contributed by atoms with van der Waals surface area (Å²) in [5.41, 5.74) is 7.13. The molecule has 1 unspecified atom stereocenters. The van der Waals surface area contributed by atoms with Crippen LogP contribution in [0.25, 0.3) is 0 Å². The predicted molar refractivity (Wildman–Crippen MR) is 78.7 cm³/mol. The zero-order chi connectivity index (χ0) is 15.0.